The largest absolute Gasteiger partial charge is 0.383 e. The topological polar surface area (TPSA) is 29.5 Å². The van der Waals surface area contributed by atoms with Gasteiger partial charge in [0.25, 0.3) is 0 Å². The first-order valence-corrected chi connectivity index (χ1v) is 5.01. The maximum atomic E-state index is 13.1. The average Bonchev–Trinajstić information content (AvgIpc) is 2.22. The van der Waals surface area contributed by atoms with E-state index in [9.17, 15) is 9.50 Å². The lowest BCUT2D eigenvalue weighted by molar-refractivity contribution is -0.0387. The van der Waals surface area contributed by atoms with Gasteiger partial charge in [-0.1, -0.05) is 19.1 Å². The number of hydrogen-bond donors (Lipinski definition) is 1. The van der Waals surface area contributed by atoms with E-state index in [1.165, 1.54) is 13.2 Å². The zero-order chi connectivity index (χ0) is 11.5. The van der Waals surface area contributed by atoms with Crippen molar-refractivity contribution in [2.45, 2.75) is 25.9 Å². The molecule has 1 unspecified atom stereocenters. The Labute approximate surface area is 89.7 Å². The van der Waals surface area contributed by atoms with E-state index in [1.807, 2.05) is 6.92 Å². The number of halogens is 1. The first-order chi connectivity index (χ1) is 7.03. The van der Waals surface area contributed by atoms with Gasteiger partial charge in [-0.3, -0.25) is 0 Å². The molecule has 1 atom stereocenters. The van der Waals surface area contributed by atoms with E-state index < -0.39 is 5.60 Å². The third-order valence-corrected chi connectivity index (χ3v) is 2.66. The normalized spacial score (nSPS) is 15.0. The monoisotopic (exact) mass is 212 g/mol. The van der Waals surface area contributed by atoms with Crippen LogP contribution in [0.25, 0.3) is 0 Å². The number of benzene rings is 1. The predicted octanol–water partition coefficient (Wildman–Crippen LogP) is 2.38. The van der Waals surface area contributed by atoms with Gasteiger partial charge in [0.1, 0.15) is 11.4 Å². The molecular weight excluding hydrogens is 195 g/mol. The lowest BCUT2D eigenvalue weighted by Crippen LogP contribution is -2.30. The highest BCUT2D eigenvalue weighted by atomic mass is 19.1. The minimum absolute atomic E-state index is 0.217. The second-order valence-corrected chi connectivity index (χ2v) is 3.78. The molecule has 1 N–H and O–H groups in total. The van der Waals surface area contributed by atoms with E-state index in [0.29, 0.717) is 17.5 Å². The van der Waals surface area contributed by atoms with Crippen LogP contribution < -0.4 is 0 Å². The van der Waals surface area contributed by atoms with Crippen molar-refractivity contribution in [3.63, 3.8) is 0 Å². The van der Waals surface area contributed by atoms with Crippen LogP contribution in [0, 0.1) is 12.7 Å². The first kappa shape index (κ1) is 12.1. The van der Waals surface area contributed by atoms with Gasteiger partial charge >= 0.3 is 0 Å². The molecule has 0 aliphatic rings. The van der Waals surface area contributed by atoms with E-state index in [1.54, 1.807) is 19.1 Å². The van der Waals surface area contributed by atoms with Crippen LogP contribution in [0.15, 0.2) is 18.2 Å². The SMILES string of the molecule is CCC(O)(COC)c1ccc(F)c(C)c1. The van der Waals surface area contributed by atoms with Gasteiger partial charge in [-0.15, -0.1) is 0 Å². The Kier molecular flexibility index (Phi) is 3.83. The first-order valence-electron chi connectivity index (χ1n) is 5.01. The van der Waals surface area contributed by atoms with Crippen LogP contribution in [-0.2, 0) is 10.3 Å². The molecule has 0 heterocycles. The van der Waals surface area contributed by atoms with Crippen LogP contribution in [0.2, 0.25) is 0 Å². The van der Waals surface area contributed by atoms with Crippen molar-refractivity contribution < 1.29 is 14.2 Å². The zero-order valence-corrected chi connectivity index (χ0v) is 9.38. The maximum Gasteiger partial charge on any atom is 0.126 e. The molecule has 0 saturated carbocycles. The summed E-state index contributed by atoms with van der Waals surface area (Å²) in [5.74, 6) is -0.255. The average molecular weight is 212 g/mol. The summed E-state index contributed by atoms with van der Waals surface area (Å²) >= 11 is 0. The fourth-order valence-electron chi connectivity index (χ4n) is 1.56. The standard InChI is InChI=1S/C12H17FO2/c1-4-12(14,8-15-3)10-5-6-11(13)9(2)7-10/h5-7,14H,4,8H2,1-3H3. The fraction of sp³-hybridized carbons (Fsp3) is 0.500. The number of hydrogen-bond acceptors (Lipinski definition) is 2. The Hall–Kier alpha value is -0.930. The number of rotatable bonds is 4. The van der Waals surface area contributed by atoms with Gasteiger partial charge in [-0.2, -0.15) is 0 Å². The van der Waals surface area contributed by atoms with Gasteiger partial charge in [-0.05, 0) is 30.5 Å². The third-order valence-electron chi connectivity index (χ3n) is 2.66. The van der Waals surface area contributed by atoms with Crippen molar-refractivity contribution in [2.24, 2.45) is 0 Å². The summed E-state index contributed by atoms with van der Waals surface area (Å²) in [5, 5.41) is 10.3. The Morgan fingerprint density at radius 1 is 1.47 bits per heavy atom. The molecule has 0 saturated heterocycles. The van der Waals surface area contributed by atoms with E-state index in [0.717, 1.165) is 0 Å². The third kappa shape index (κ3) is 2.55. The minimum Gasteiger partial charge on any atom is -0.383 e. The summed E-state index contributed by atoms with van der Waals surface area (Å²) < 4.78 is 18.0. The summed E-state index contributed by atoms with van der Waals surface area (Å²) in [7, 11) is 1.54. The lowest BCUT2D eigenvalue weighted by atomic mass is 9.91. The molecule has 15 heavy (non-hydrogen) atoms. The van der Waals surface area contributed by atoms with Crippen molar-refractivity contribution >= 4 is 0 Å². The van der Waals surface area contributed by atoms with Crippen LogP contribution in [-0.4, -0.2) is 18.8 Å². The van der Waals surface area contributed by atoms with E-state index in [-0.39, 0.29) is 12.4 Å². The summed E-state index contributed by atoms with van der Waals surface area (Å²) in [6.07, 6.45) is 0.534. The maximum absolute atomic E-state index is 13.1. The highest BCUT2D eigenvalue weighted by molar-refractivity contribution is 5.28. The molecule has 2 nitrogen and oxygen atoms in total. The molecule has 0 aliphatic heterocycles. The van der Waals surface area contributed by atoms with Crippen molar-refractivity contribution in [3.8, 4) is 0 Å². The van der Waals surface area contributed by atoms with Gasteiger partial charge in [0.15, 0.2) is 0 Å². The molecule has 1 aromatic carbocycles. The zero-order valence-electron chi connectivity index (χ0n) is 9.38. The number of aliphatic hydroxyl groups is 1. The van der Waals surface area contributed by atoms with Gasteiger partial charge in [0, 0.05) is 7.11 Å². The van der Waals surface area contributed by atoms with Crippen molar-refractivity contribution in [3.05, 3.63) is 35.1 Å². The molecule has 0 bridgehead atoms. The molecule has 0 aromatic heterocycles. The van der Waals surface area contributed by atoms with Crippen LogP contribution in [0.1, 0.15) is 24.5 Å². The predicted molar refractivity (Wildman–Crippen MR) is 57.2 cm³/mol. The quantitative estimate of drug-likeness (QED) is 0.830. The Morgan fingerprint density at radius 3 is 2.60 bits per heavy atom. The van der Waals surface area contributed by atoms with Crippen LogP contribution in [0.3, 0.4) is 0 Å². The van der Waals surface area contributed by atoms with E-state index in [2.05, 4.69) is 0 Å². The van der Waals surface area contributed by atoms with Crippen molar-refractivity contribution in [2.75, 3.05) is 13.7 Å². The van der Waals surface area contributed by atoms with Gasteiger partial charge in [0.05, 0.1) is 6.61 Å². The Morgan fingerprint density at radius 2 is 2.13 bits per heavy atom. The smallest absolute Gasteiger partial charge is 0.126 e. The van der Waals surface area contributed by atoms with Crippen LogP contribution in [0.4, 0.5) is 4.39 Å². The van der Waals surface area contributed by atoms with Crippen molar-refractivity contribution in [1.82, 2.24) is 0 Å². The summed E-state index contributed by atoms with van der Waals surface area (Å²) in [6.45, 7) is 3.77. The lowest BCUT2D eigenvalue weighted by Gasteiger charge is -2.26. The number of methoxy groups -OCH3 is 1. The number of aryl methyl sites for hydroxylation is 1. The van der Waals surface area contributed by atoms with Gasteiger partial charge in [-0.25, -0.2) is 4.39 Å². The molecule has 0 radical (unpaired) electrons. The second kappa shape index (κ2) is 4.73. The Balaban J connectivity index is 3.07. The number of ether oxygens (including phenoxy) is 1. The minimum atomic E-state index is -1.02. The van der Waals surface area contributed by atoms with Crippen LogP contribution >= 0.6 is 0 Å². The molecule has 3 heteroatoms. The summed E-state index contributed by atoms with van der Waals surface area (Å²) in [6, 6.07) is 4.64. The highest BCUT2D eigenvalue weighted by Gasteiger charge is 2.27. The van der Waals surface area contributed by atoms with E-state index >= 15 is 0 Å². The molecule has 1 aromatic rings. The van der Waals surface area contributed by atoms with Gasteiger partial charge < -0.3 is 9.84 Å². The molecule has 0 spiro atoms. The molecule has 0 aliphatic carbocycles. The Bertz CT molecular complexity index is 338. The fourth-order valence-corrected chi connectivity index (χ4v) is 1.56. The molecular formula is C12H17FO2. The van der Waals surface area contributed by atoms with Crippen LogP contribution in [0.5, 0.6) is 0 Å². The second-order valence-electron chi connectivity index (χ2n) is 3.78. The molecule has 84 valence electrons. The summed E-state index contributed by atoms with van der Waals surface area (Å²) in [5.41, 5.74) is 0.217. The van der Waals surface area contributed by atoms with Crippen molar-refractivity contribution in [1.29, 1.82) is 0 Å². The summed E-state index contributed by atoms with van der Waals surface area (Å²) in [4.78, 5) is 0. The highest BCUT2D eigenvalue weighted by Crippen LogP contribution is 2.26. The van der Waals surface area contributed by atoms with E-state index in [4.69, 9.17) is 4.74 Å². The molecule has 0 fully saturated rings. The van der Waals surface area contributed by atoms with Gasteiger partial charge in [0.2, 0.25) is 0 Å². The molecule has 0 amide bonds. The molecule has 1 rings (SSSR count).